The number of carbonyl (C=O) groups excluding carboxylic acids is 1. The van der Waals surface area contributed by atoms with E-state index in [-0.39, 0.29) is 12.1 Å². The molecule has 3 aliphatic carbocycles. The van der Waals surface area contributed by atoms with Gasteiger partial charge in [-0.3, -0.25) is 5.32 Å². The molecule has 0 aromatic heterocycles. The Morgan fingerprint density at radius 3 is 2.58 bits per heavy atom. The molecular formula is C25H31F2N3O3. The van der Waals surface area contributed by atoms with E-state index in [4.69, 9.17) is 9.47 Å². The van der Waals surface area contributed by atoms with E-state index in [1.165, 1.54) is 6.42 Å². The van der Waals surface area contributed by atoms with Gasteiger partial charge in [-0.15, -0.1) is 0 Å². The Labute approximate surface area is 193 Å². The summed E-state index contributed by atoms with van der Waals surface area (Å²) in [5.41, 5.74) is 5.10. The molecule has 0 aromatic rings. The van der Waals surface area contributed by atoms with Crippen molar-refractivity contribution in [3.8, 4) is 0 Å². The summed E-state index contributed by atoms with van der Waals surface area (Å²) in [7, 11) is 1.90. The van der Waals surface area contributed by atoms with Crippen molar-refractivity contribution in [2.45, 2.75) is 64.1 Å². The van der Waals surface area contributed by atoms with E-state index in [2.05, 4.69) is 15.5 Å². The highest BCUT2D eigenvalue weighted by Crippen LogP contribution is 2.44. The summed E-state index contributed by atoms with van der Waals surface area (Å²) >= 11 is 0. The number of ether oxygens (including phenoxy) is 2. The summed E-state index contributed by atoms with van der Waals surface area (Å²) in [5, 5.41) is 6.14. The van der Waals surface area contributed by atoms with Gasteiger partial charge in [0, 0.05) is 24.4 Å². The molecule has 1 atom stereocenters. The molecule has 8 heteroatoms. The van der Waals surface area contributed by atoms with Crippen LogP contribution in [0, 0.1) is 0 Å². The second-order valence-electron chi connectivity index (χ2n) is 8.77. The normalized spacial score (nSPS) is 24.6. The predicted octanol–water partition coefficient (Wildman–Crippen LogP) is 4.66. The first-order valence-electron chi connectivity index (χ1n) is 11.5. The number of hydrogen-bond acceptors (Lipinski definition) is 5. The van der Waals surface area contributed by atoms with Crippen LogP contribution in [-0.4, -0.2) is 49.3 Å². The smallest absolute Gasteiger partial charge is 0.411 e. The quantitative estimate of drug-likeness (QED) is 0.580. The van der Waals surface area contributed by atoms with Crippen LogP contribution in [0.4, 0.5) is 13.6 Å². The molecule has 178 valence electrons. The number of halogens is 2. The van der Waals surface area contributed by atoms with Crippen LogP contribution in [-0.2, 0) is 9.47 Å². The van der Waals surface area contributed by atoms with Crippen molar-refractivity contribution in [2.24, 2.45) is 0 Å². The van der Waals surface area contributed by atoms with Crippen molar-refractivity contribution in [3.05, 3.63) is 70.5 Å². The van der Waals surface area contributed by atoms with E-state index < -0.39 is 19.1 Å². The maximum atomic E-state index is 12.7. The summed E-state index contributed by atoms with van der Waals surface area (Å²) in [6, 6.07) is 0.325. The van der Waals surface area contributed by atoms with Gasteiger partial charge in [-0.05, 0) is 63.3 Å². The molecule has 4 aliphatic rings. The lowest BCUT2D eigenvalue weighted by Gasteiger charge is -2.42. The monoisotopic (exact) mass is 459 g/mol. The number of amides is 1. The number of rotatable bonds is 7. The maximum Gasteiger partial charge on any atom is 0.411 e. The van der Waals surface area contributed by atoms with E-state index in [9.17, 15) is 13.6 Å². The van der Waals surface area contributed by atoms with Crippen LogP contribution in [0.2, 0.25) is 0 Å². The molecular weight excluding hydrogens is 428 g/mol. The Morgan fingerprint density at radius 1 is 1.21 bits per heavy atom. The summed E-state index contributed by atoms with van der Waals surface area (Å²) in [6.07, 6.45) is 12.4. The highest BCUT2D eigenvalue weighted by molar-refractivity contribution is 5.71. The molecule has 33 heavy (non-hydrogen) atoms. The van der Waals surface area contributed by atoms with Gasteiger partial charge >= 0.3 is 6.09 Å². The van der Waals surface area contributed by atoms with Crippen LogP contribution in [0.15, 0.2) is 70.5 Å². The maximum absolute atomic E-state index is 12.7. The number of nitrogens with zero attached hydrogens (tertiary/aromatic N) is 1. The Kier molecular flexibility index (Phi) is 6.91. The molecule has 0 spiro atoms. The van der Waals surface area contributed by atoms with Crippen LogP contribution in [0.5, 0.6) is 0 Å². The molecule has 1 aliphatic heterocycles. The molecule has 1 amide bonds. The molecule has 1 unspecified atom stereocenters. The minimum absolute atomic E-state index is 0.0594. The van der Waals surface area contributed by atoms with Crippen LogP contribution in [0.25, 0.3) is 0 Å². The SMILES string of the molecule is CNC1=C2C=CC(OCC(F)F)=CC2N(C2CCC2)C1=C1C=CC(NC(=O)OC(C)C)=CC1. The zero-order valence-corrected chi connectivity index (χ0v) is 19.2. The largest absolute Gasteiger partial charge is 0.488 e. The third kappa shape index (κ3) is 4.99. The van der Waals surface area contributed by atoms with Crippen LogP contribution in [0.3, 0.4) is 0 Å². The van der Waals surface area contributed by atoms with Gasteiger partial charge < -0.3 is 19.7 Å². The Morgan fingerprint density at radius 2 is 2.00 bits per heavy atom. The molecule has 2 N–H and O–H groups in total. The first-order chi connectivity index (χ1) is 15.9. The molecule has 1 heterocycles. The highest BCUT2D eigenvalue weighted by Gasteiger charge is 2.42. The van der Waals surface area contributed by atoms with Crippen molar-refractivity contribution in [2.75, 3.05) is 13.7 Å². The van der Waals surface area contributed by atoms with Gasteiger partial charge in [0.2, 0.25) is 0 Å². The van der Waals surface area contributed by atoms with Gasteiger partial charge in [0.05, 0.1) is 23.5 Å². The molecule has 0 radical (unpaired) electrons. The number of allylic oxidation sites excluding steroid dienone is 5. The van der Waals surface area contributed by atoms with Crippen molar-refractivity contribution in [3.63, 3.8) is 0 Å². The van der Waals surface area contributed by atoms with E-state index >= 15 is 0 Å². The number of carbonyl (C=O) groups is 1. The standard InChI is InChI=1S/C25H31F2N3O3/c1-15(2)33-25(31)29-17-9-7-16(8-10-17)24-23(28-3)20-12-11-19(32-14-22(26)27)13-21(20)30(24)18-5-4-6-18/h7,9-13,15,18,21-22,28H,4-6,8,14H2,1-3H3,(H,29,31). The van der Waals surface area contributed by atoms with E-state index in [0.29, 0.717) is 23.9 Å². The average molecular weight is 460 g/mol. The minimum atomic E-state index is -2.51. The van der Waals surface area contributed by atoms with E-state index in [1.807, 2.05) is 37.4 Å². The Balaban J connectivity index is 1.61. The number of likely N-dealkylation sites (N-methyl/N-ethyl adjacent to an activating group) is 1. The summed E-state index contributed by atoms with van der Waals surface area (Å²) in [6.45, 7) is 3.00. The van der Waals surface area contributed by atoms with Gasteiger partial charge in [0.15, 0.2) is 0 Å². The zero-order chi connectivity index (χ0) is 23.5. The molecule has 0 saturated heterocycles. The lowest BCUT2D eigenvalue weighted by Crippen LogP contribution is -2.44. The summed E-state index contributed by atoms with van der Waals surface area (Å²) in [4.78, 5) is 14.3. The minimum Gasteiger partial charge on any atom is -0.488 e. The topological polar surface area (TPSA) is 62.8 Å². The number of alkyl halides is 2. The first-order valence-corrected chi connectivity index (χ1v) is 11.5. The molecule has 0 bridgehead atoms. The van der Waals surface area contributed by atoms with E-state index in [1.54, 1.807) is 19.9 Å². The Bertz CT molecular complexity index is 971. The first kappa shape index (κ1) is 23.1. The van der Waals surface area contributed by atoms with E-state index in [0.717, 1.165) is 35.4 Å². The van der Waals surface area contributed by atoms with Gasteiger partial charge in [-0.1, -0.05) is 18.2 Å². The van der Waals surface area contributed by atoms with Crippen molar-refractivity contribution in [1.82, 2.24) is 15.5 Å². The average Bonchev–Trinajstić information content (AvgIpc) is 3.04. The highest BCUT2D eigenvalue weighted by atomic mass is 19.3. The van der Waals surface area contributed by atoms with Gasteiger partial charge in [0.25, 0.3) is 6.43 Å². The van der Waals surface area contributed by atoms with Crippen LogP contribution < -0.4 is 10.6 Å². The molecule has 1 saturated carbocycles. The number of alkyl carbamates (subject to hydrolysis) is 1. The summed E-state index contributed by atoms with van der Waals surface area (Å²) in [5.74, 6) is 0.476. The second-order valence-corrected chi connectivity index (χ2v) is 8.77. The lowest BCUT2D eigenvalue weighted by atomic mass is 9.89. The number of nitrogens with one attached hydrogen (secondary N) is 2. The zero-order valence-electron chi connectivity index (χ0n) is 19.2. The van der Waals surface area contributed by atoms with Crippen molar-refractivity contribution in [1.29, 1.82) is 0 Å². The molecule has 6 nitrogen and oxygen atoms in total. The lowest BCUT2D eigenvalue weighted by molar-refractivity contribution is 0.0511. The van der Waals surface area contributed by atoms with Gasteiger partial charge in [-0.25, -0.2) is 13.6 Å². The number of hydrogen-bond donors (Lipinski definition) is 2. The second kappa shape index (κ2) is 9.85. The fraction of sp³-hybridized carbons (Fsp3) is 0.480. The number of fused-ring (bicyclic) bond motifs is 1. The predicted molar refractivity (Wildman–Crippen MR) is 122 cm³/mol. The molecule has 1 fully saturated rings. The van der Waals surface area contributed by atoms with Crippen molar-refractivity contribution < 1.29 is 23.0 Å². The van der Waals surface area contributed by atoms with Crippen LogP contribution in [0.1, 0.15) is 39.5 Å². The summed E-state index contributed by atoms with van der Waals surface area (Å²) < 4.78 is 35.8. The van der Waals surface area contributed by atoms with Crippen molar-refractivity contribution >= 4 is 6.09 Å². The fourth-order valence-electron chi connectivity index (χ4n) is 4.53. The third-order valence-electron chi connectivity index (χ3n) is 6.14. The van der Waals surface area contributed by atoms with Gasteiger partial charge in [0.1, 0.15) is 12.4 Å². The van der Waals surface area contributed by atoms with Gasteiger partial charge in [-0.2, -0.15) is 0 Å². The van der Waals surface area contributed by atoms with Crippen LogP contribution >= 0.6 is 0 Å². The third-order valence-corrected chi connectivity index (χ3v) is 6.14. The molecule has 0 aromatic carbocycles. The Hall–Kier alpha value is -3.03. The molecule has 4 rings (SSSR count). The fourth-order valence-corrected chi connectivity index (χ4v) is 4.53.